The van der Waals surface area contributed by atoms with Crippen molar-refractivity contribution in [1.82, 2.24) is 9.97 Å². The smallest absolute Gasteiger partial charge is 0.335 e. The Kier molecular flexibility index (Phi) is 3.73. The van der Waals surface area contributed by atoms with Crippen LogP contribution in [0.2, 0.25) is 10.2 Å². The molecule has 0 aromatic carbocycles. The molecule has 0 bridgehead atoms. The molecule has 0 radical (unpaired) electrons. The van der Waals surface area contributed by atoms with E-state index in [-0.39, 0.29) is 27.3 Å². The molecule has 0 atom stereocenters. The third kappa shape index (κ3) is 3.04. The first-order valence-electron chi connectivity index (χ1n) is 5.02. The quantitative estimate of drug-likeness (QED) is 0.812. The molecule has 0 aliphatic heterocycles. The first-order valence-corrected chi connectivity index (χ1v) is 5.77. The molecule has 0 aliphatic carbocycles. The number of carbonyl (C=O) groups excluding carboxylic acids is 1. The summed E-state index contributed by atoms with van der Waals surface area (Å²) < 4.78 is 0. The van der Waals surface area contributed by atoms with Gasteiger partial charge in [0.1, 0.15) is 16.7 Å². The predicted molar refractivity (Wildman–Crippen MR) is 70.0 cm³/mol. The predicted octanol–water partition coefficient (Wildman–Crippen LogP) is 2.67. The second kappa shape index (κ2) is 5.29. The van der Waals surface area contributed by atoms with E-state index in [0.717, 1.165) is 0 Å². The minimum absolute atomic E-state index is 0.0212. The van der Waals surface area contributed by atoms with E-state index < -0.39 is 11.9 Å². The van der Waals surface area contributed by atoms with Crippen molar-refractivity contribution in [2.75, 3.05) is 5.32 Å². The van der Waals surface area contributed by atoms with E-state index in [9.17, 15) is 9.59 Å². The van der Waals surface area contributed by atoms with Crippen molar-refractivity contribution in [2.45, 2.75) is 0 Å². The number of aromatic nitrogens is 2. The van der Waals surface area contributed by atoms with Crippen LogP contribution in [-0.4, -0.2) is 27.0 Å². The Balaban J connectivity index is 2.19. The number of aromatic amines is 1. The number of carboxylic acid groups (broad SMARTS) is 1. The highest BCUT2D eigenvalue weighted by Crippen LogP contribution is 2.22. The van der Waals surface area contributed by atoms with Crippen molar-refractivity contribution in [3.05, 3.63) is 45.8 Å². The largest absolute Gasteiger partial charge is 0.478 e. The van der Waals surface area contributed by atoms with Gasteiger partial charge in [-0.25, -0.2) is 9.78 Å². The number of aromatic carboxylic acids is 1. The second-order valence-electron chi connectivity index (χ2n) is 3.53. The van der Waals surface area contributed by atoms with Crippen LogP contribution in [0.25, 0.3) is 0 Å². The molecule has 3 N–H and O–H groups in total. The fraction of sp³-hybridized carbons (Fsp3) is 0. The number of amides is 1. The summed E-state index contributed by atoms with van der Waals surface area (Å²) in [6.45, 7) is 0. The maximum Gasteiger partial charge on any atom is 0.335 e. The number of nitrogens with one attached hydrogen (secondary N) is 2. The molecule has 2 aromatic heterocycles. The lowest BCUT2D eigenvalue weighted by molar-refractivity contribution is 0.0696. The molecule has 2 heterocycles. The van der Waals surface area contributed by atoms with Crippen molar-refractivity contribution >= 4 is 40.9 Å². The van der Waals surface area contributed by atoms with E-state index in [1.807, 2.05) is 0 Å². The Labute approximate surface area is 117 Å². The number of rotatable bonds is 3. The van der Waals surface area contributed by atoms with E-state index >= 15 is 0 Å². The number of halogens is 2. The lowest BCUT2D eigenvalue weighted by atomic mass is 10.2. The van der Waals surface area contributed by atoms with Gasteiger partial charge in [-0.3, -0.25) is 4.79 Å². The van der Waals surface area contributed by atoms with Crippen LogP contribution in [0.5, 0.6) is 0 Å². The molecule has 1 amide bonds. The van der Waals surface area contributed by atoms with E-state index in [1.165, 1.54) is 24.4 Å². The number of hydrogen-bond donors (Lipinski definition) is 3. The van der Waals surface area contributed by atoms with Crippen LogP contribution < -0.4 is 5.32 Å². The average Bonchev–Trinajstić information content (AvgIpc) is 2.70. The molecule has 6 nitrogen and oxygen atoms in total. The van der Waals surface area contributed by atoms with Crippen LogP contribution in [0.3, 0.4) is 0 Å². The van der Waals surface area contributed by atoms with Crippen LogP contribution in [0.4, 0.5) is 5.82 Å². The third-order valence-corrected chi connectivity index (χ3v) is 2.91. The molecule has 2 aromatic rings. The zero-order valence-electron chi connectivity index (χ0n) is 9.28. The average molecular weight is 300 g/mol. The molecule has 98 valence electrons. The number of carboxylic acids is 1. The van der Waals surface area contributed by atoms with Gasteiger partial charge in [-0.05, 0) is 18.2 Å². The summed E-state index contributed by atoms with van der Waals surface area (Å²) in [4.78, 5) is 29.0. The third-order valence-electron chi connectivity index (χ3n) is 2.22. The molecule has 0 aliphatic rings. The minimum atomic E-state index is -1.11. The van der Waals surface area contributed by atoms with Crippen LogP contribution in [-0.2, 0) is 0 Å². The number of pyridine rings is 1. The standard InChI is InChI=1S/C11H7Cl2N3O3/c12-6-4-7(15-9(6)13)10(17)16-8-3-5(11(18)19)1-2-14-8/h1-4,15H,(H,18,19)(H,14,16,17). The molecule has 19 heavy (non-hydrogen) atoms. The Morgan fingerprint density at radius 2 is 2.05 bits per heavy atom. The molecule has 0 unspecified atom stereocenters. The zero-order chi connectivity index (χ0) is 14.0. The summed E-state index contributed by atoms with van der Waals surface area (Å²) in [6, 6.07) is 3.92. The molecule has 2 rings (SSSR count). The van der Waals surface area contributed by atoms with Crippen molar-refractivity contribution in [3.8, 4) is 0 Å². The number of H-pyrrole nitrogens is 1. The lowest BCUT2D eigenvalue weighted by Gasteiger charge is -2.03. The van der Waals surface area contributed by atoms with Crippen molar-refractivity contribution < 1.29 is 14.7 Å². The maximum absolute atomic E-state index is 11.8. The van der Waals surface area contributed by atoms with E-state index in [0.29, 0.717) is 0 Å². The topological polar surface area (TPSA) is 95.1 Å². The Bertz CT molecular complexity index is 635. The number of nitrogens with zero attached hydrogens (tertiary/aromatic N) is 1. The molecule has 0 saturated carbocycles. The van der Waals surface area contributed by atoms with Gasteiger partial charge in [0.15, 0.2) is 0 Å². The fourth-order valence-corrected chi connectivity index (χ4v) is 1.65. The van der Waals surface area contributed by atoms with Gasteiger partial charge in [0.25, 0.3) is 5.91 Å². The number of carbonyl (C=O) groups is 2. The first-order chi connectivity index (χ1) is 8.97. The number of hydrogen-bond acceptors (Lipinski definition) is 3. The second-order valence-corrected chi connectivity index (χ2v) is 4.32. The van der Waals surface area contributed by atoms with E-state index in [4.69, 9.17) is 28.3 Å². The summed E-state index contributed by atoms with van der Waals surface area (Å²) >= 11 is 11.4. The van der Waals surface area contributed by atoms with Gasteiger partial charge in [0.05, 0.1) is 10.6 Å². The highest BCUT2D eigenvalue weighted by Gasteiger charge is 2.13. The zero-order valence-corrected chi connectivity index (χ0v) is 10.8. The van der Waals surface area contributed by atoms with Gasteiger partial charge in [0, 0.05) is 6.20 Å². The SMILES string of the molecule is O=C(O)c1ccnc(NC(=O)c2cc(Cl)c(Cl)[nH]2)c1. The summed E-state index contributed by atoms with van der Waals surface area (Å²) in [7, 11) is 0. The Morgan fingerprint density at radius 1 is 1.32 bits per heavy atom. The summed E-state index contributed by atoms with van der Waals surface area (Å²) in [5.41, 5.74) is 0.172. The van der Waals surface area contributed by atoms with Crippen LogP contribution in [0.1, 0.15) is 20.8 Å². The van der Waals surface area contributed by atoms with Crippen molar-refractivity contribution in [2.24, 2.45) is 0 Å². The highest BCUT2D eigenvalue weighted by atomic mass is 35.5. The lowest BCUT2D eigenvalue weighted by Crippen LogP contribution is -2.13. The molecule has 8 heteroatoms. The highest BCUT2D eigenvalue weighted by molar-refractivity contribution is 6.41. The van der Waals surface area contributed by atoms with Gasteiger partial charge in [-0.2, -0.15) is 0 Å². The Hall–Kier alpha value is -2.05. The maximum atomic E-state index is 11.8. The normalized spacial score (nSPS) is 10.2. The summed E-state index contributed by atoms with van der Waals surface area (Å²) in [5, 5.41) is 11.6. The van der Waals surface area contributed by atoms with E-state index in [2.05, 4.69) is 15.3 Å². The monoisotopic (exact) mass is 299 g/mol. The molecule has 0 saturated heterocycles. The minimum Gasteiger partial charge on any atom is -0.478 e. The molecular weight excluding hydrogens is 293 g/mol. The Morgan fingerprint density at radius 3 is 2.63 bits per heavy atom. The van der Waals surface area contributed by atoms with Crippen molar-refractivity contribution in [1.29, 1.82) is 0 Å². The van der Waals surface area contributed by atoms with Crippen LogP contribution in [0, 0.1) is 0 Å². The van der Waals surface area contributed by atoms with Crippen LogP contribution in [0.15, 0.2) is 24.4 Å². The molecule has 0 fully saturated rings. The molecule has 0 spiro atoms. The van der Waals surface area contributed by atoms with E-state index in [1.54, 1.807) is 0 Å². The van der Waals surface area contributed by atoms with Gasteiger partial charge >= 0.3 is 5.97 Å². The number of anilines is 1. The van der Waals surface area contributed by atoms with Crippen LogP contribution >= 0.6 is 23.2 Å². The van der Waals surface area contributed by atoms with Gasteiger partial charge in [0.2, 0.25) is 0 Å². The summed E-state index contributed by atoms with van der Waals surface area (Å²) in [6.07, 6.45) is 1.29. The summed E-state index contributed by atoms with van der Waals surface area (Å²) in [5.74, 6) is -1.51. The van der Waals surface area contributed by atoms with Crippen molar-refractivity contribution in [3.63, 3.8) is 0 Å². The van der Waals surface area contributed by atoms with Gasteiger partial charge < -0.3 is 15.4 Å². The first kappa shape index (κ1) is 13.4. The molecular formula is C11H7Cl2N3O3. The fourth-order valence-electron chi connectivity index (χ4n) is 1.34. The van der Waals surface area contributed by atoms with Gasteiger partial charge in [-0.1, -0.05) is 23.2 Å². The van der Waals surface area contributed by atoms with Gasteiger partial charge in [-0.15, -0.1) is 0 Å².